The van der Waals surface area contributed by atoms with Crippen molar-refractivity contribution in [2.24, 2.45) is 0 Å². The number of carbonyl (C=O) groups is 4. The lowest BCUT2D eigenvalue weighted by atomic mass is 9.84. The number of benzene rings is 1. The van der Waals surface area contributed by atoms with Gasteiger partial charge in [-0.25, -0.2) is 4.98 Å². The lowest BCUT2D eigenvalue weighted by molar-refractivity contribution is -0.138. The number of anilines is 1. The number of amides is 3. The van der Waals surface area contributed by atoms with Gasteiger partial charge >= 0.3 is 5.97 Å². The van der Waals surface area contributed by atoms with Crippen molar-refractivity contribution in [3.8, 4) is 5.75 Å². The number of ether oxygens (including phenoxy) is 1. The molecular formula is C24H23N5O7S. The molecule has 1 aromatic carbocycles. The van der Waals surface area contributed by atoms with Gasteiger partial charge in [0.1, 0.15) is 17.1 Å². The Kier molecular flexibility index (Phi) is 6.61. The molecule has 3 heterocycles. The fourth-order valence-electron chi connectivity index (χ4n) is 4.63. The zero-order chi connectivity index (χ0) is 26.1. The first-order chi connectivity index (χ1) is 17.8. The monoisotopic (exact) mass is 525 g/mol. The number of aliphatic carboxylic acids is 1. The molecule has 3 amide bonds. The highest BCUT2D eigenvalue weighted by Gasteiger charge is 2.29. The summed E-state index contributed by atoms with van der Waals surface area (Å²) in [5.74, 6) is -2.15. The van der Waals surface area contributed by atoms with Crippen molar-refractivity contribution in [2.45, 2.75) is 38.1 Å². The third-order valence-electron chi connectivity index (χ3n) is 6.25. The predicted octanol–water partition coefficient (Wildman–Crippen LogP) is 1.26. The first-order valence-corrected chi connectivity index (χ1v) is 12.5. The summed E-state index contributed by atoms with van der Waals surface area (Å²) in [4.78, 5) is 68.7. The maximum Gasteiger partial charge on any atom is 0.322 e. The molecule has 12 nitrogen and oxygen atoms in total. The Labute approximate surface area is 213 Å². The van der Waals surface area contributed by atoms with Gasteiger partial charge < -0.3 is 30.8 Å². The van der Waals surface area contributed by atoms with Gasteiger partial charge in [0.2, 0.25) is 11.7 Å². The van der Waals surface area contributed by atoms with E-state index in [0.29, 0.717) is 28.1 Å². The summed E-state index contributed by atoms with van der Waals surface area (Å²) in [6, 6.07) is 5.17. The van der Waals surface area contributed by atoms with E-state index < -0.39 is 29.9 Å². The van der Waals surface area contributed by atoms with Crippen LogP contribution < -0.4 is 26.2 Å². The van der Waals surface area contributed by atoms with Gasteiger partial charge in [0.25, 0.3) is 17.4 Å². The zero-order valence-electron chi connectivity index (χ0n) is 19.5. The van der Waals surface area contributed by atoms with E-state index in [2.05, 4.69) is 25.9 Å². The van der Waals surface area contributed by atoms with Crippen molar-refractivity contribution >= 4 is 50.9 Å². The van der Waals surface area contributed by atoms with Crippen LogP contribution in [0.2, 0.25) is 0 Å². The number of carbonyl (C=O) groups excluding carboxylic acids is 3. The van der Waals surface area contributed by atoms with E-state index in [1.807, 2.05) is 0 Å². The molecule has 0 saturated carbocycles. The fourth-order valence-corrected chi connectivity index (χ4v) is 5.93. The highest BCUT2D eigenvalue weighted by molar-refractivity contribution is 7.18. The number of rotatable bonds is 7. The van der Waals surface area contributed by atoms with E-state index >= 15 is 0 Å². The SMILES string of the molecule is O=C(O)CNC(=O)CC1CCCc2sc3nc(C(=O)NCc4ccc5c(c4)NC(=O)CO5)[nH]c(=O)c3c21. The minimum Gasteiger partial charge on any atom is -0.482 e. The first-order valence-electron chi connectivity index (χ1n) is 11.7. The average molecular weight is 526 g/mol. The Balaban J connectivity index is 1.33. The van der Waals surface area contributed by atoms with Crippen molar-refractivity contribution in [2.75, 3.05) is 18.5 Å². The van der Waals surface area contributed by atoms with Gasteiger partial charge in [-0.2, -0.15) is 0 Å². The molecule has 0 radical (unpaired) electrons. The van der Waals surface area contributed by atoms with Crippen LogP contribution in [-0.4, -0.2) is 51.9 Å². The Morgan fingerprint density at radius 1 is 1.22 bits per heavy atom. The number of carboxylic acids is 1. The van der Waals surface area contributed by atoms with Gasteiger partial charge in [0.15, 0.2) is 6.61 Å². The van der Waals surface area contributed by atoms with Crippen LogP contribution in [0.3, 0.4) is 0 Å². The lowest BCUT2D eigenvalue weighted by Gasteiger charge is -2.22. The Bertz CT molecular complexity index is 1490. The topological polar surface area (TPSA) is 180 Å². The number of aryl methyl sites for hydroxylation is 1. The fraction of sp³-hybridized carbons (Fsp3) is 0.333. The van der Waals surface area contributed by atoms with Crippen LogP contribution >= 0.6 is 11.3 Å². The minimum absolute atomic E-state index is 0.0462. The number of hydrogen-bond donors (Lipinski definition) is 5. The van der Waals surface area contributed by atoms with Gasteiger partial charge in [-0.1, -0.05) is 6.07 Å². The summed E-state index contributed by atoms with van der Waals surface area (Å²) in [5, 5.41) is 17.0. The van der Waals surface area contributed by atoms with Crippen LogP contribution in [0, 0.1) is 0 Å². The third kappa shape index (κ3) is 5.16. The highest BCUT2D eigenvalue weighted by atomic mass is 32.1. The summed E-state index contributed by atoms with van der Waals surface area (Å²) in [6.45, 7) is -0.370. The van der Waals surface area contributed by atoms with Crippen LogP contribution in [0.5, 0.6) is 5.75 Å². The van der Waals surface area contributed by atoms with E-state index in [9.17, 15) is 24.0 Å². The van der Waals surface area contributed by atoms with Gasteiger partial charge in [0.05, 0.1) is 11.1 Å². The van der Waals surface area contributed by atoms with E-state index in [1.54, 1.807) is 18.2 Å². The molecule has 192 valence electrons. The van der Waals surface area contributed by atoms with Crippen molar-refractivity contribution < 1.29 is 29.0 Å². The Morgan fingerprint density at radius 3 is 2.86 bits per heavy atom. The average Bonchev–Trinajstić information content (AvgIpc) is 3.26. The van der Waals surface area contributed by atoms with Crippen molar-refractivity contribution in [3.05, 3.63) is 50.4 Å². The molecule has 5 rings (SSSR count). The number of hydrogen-bond acceptors (Lipinski definition) is 8. The number of fused-ring (bicyclic) bond motifs is 4. The molecule has 0 fully saturated rings. The quantitative estimate of drug-likeness (QED) is 0.306. The van der Waals surface area contributed by atoms with E-state index in [0.717, 1.165) is 28.8 Å². The second-order valence-corrected chi connectivity index (χ2v) is 9.93. The normalized spacial score (nSPS) is 16.2. The van der Waals surface area contributed by atoms with Gasteiger partial charge in [-0.05, 0) is 48.4 Å². The maximum absolute atomic E-state index is 13.0. The second kappa shape index (κ2) is 10.0. The molecule has 5 N–H and O–H groups in total. The maximum atomic E-state index is 13.0. The van der Waals surface area contributed by atoms with Crippen LogP contribution in [0.15, 0.2) is 23.0 Å². The molecule has 13 heteroatoms. The molecule has 0 spiro atoms. The number of H-pyrrole nitrogens is 1. The second-order valence-electron chi connectivity index (χ2n) is 8.85. The predicted molar refractivity (Wildman–Crippen MR) is 133 cm³/mol. The number of thiophene rings is 1. The Hall–Kier alpha value is -4.26. The number of nitrogens with zero attached hydrogens (tertiary/aromatic N) is 1. The number of carboxylic acid groups (broad SMARTS) is 1. The molecule has 2 aliphatic rings. The summed E-state index contributed by atoms with van der Waals surface area (Å²) < 4.78 is 5.33. The van der Waals surface area contributed by atoms with Crippen LogP contribution in [0.25, 0.3) is 10.2 Å². The van der Waals surface area contributed by atoms with E-state index in [-0.39, 0.29) is 37.2 Å². The van der Waals surface area contributed by atoms with Gasteiger partial charge in [0, 0.05) is 17.8 Å². The summed E-state index contributed by atoms with van der Waals surface area (Å²) >= 11 is 1.33. The van der Waals surface area contributed by atoms with Crippen LogP contribution in [0.1, 0.15) is 51.8 Å². The molecule has 0 bridgehead atoms. The number of aromatic amines is 1. The first kappa shape index (κ1) is 24.4. The van der Waals surface area contributed by atoms with Crippen molar-refractivity contribution in [3.63, 3.8) is 0 Å². The van der Waals surface area contributed by atoms with Crippen LogP contribution in [-0.2, 0) is 27.3 Å². The van der Waals surface area contributed by atoms with Gasteiger partial charge in [-0.3, -0.25) is 24.0 Å². The lowest BCUT2D eigenvalue weighted by Crippen LogP contribution is -2.31. The molecule has 1 atom stereocenters. The summed E-state index contributed by atoms with van der Waals surface area (Å²) in [6.07, 6.45) is 2.32. The van der Waals surface area contributed by atoms with E-state index in [4.69, 9.17) is 9.84 Å². The molecule has 1 aliphatic heterocycles. The molecule has 0 saturated heterocycles. The summed E-state index contributed by atoms with van der Waals surface area (Å²) in [5.41, 5.74) is 1.54. The summed E-state index contributed by atoms with van der Waals surface area (Å²) in [7, 11) is 0. The molecule has 2 aromatic heterocycles. The van der Waals surface area contributed by atoms with Gasteiger partial charge in [-0.15, -0.1) is 11.3 Å². The van der Waals surface area contributed by atoms with Crippen LogP contribution in [0.4, 0.5) is 5.69 Å². The molecule has 1 unspecified atom stereocenters. The third-order valence-corrected chi connectivity index (χ3v) is 7.41. The van der Waals surface area contributed by atoms with Crippen molar-refractivity contribution in [1.82, 2.24) is 20.6 Å². The molecule has 1 aliphatic carbocycles. The molecular weight excluding hydrogens is 502 g/mol. The minimum atomic E-state index is -1.13. The smallest absolute Gasteiger partial charge is 0.322 e. The molecule has 37 heavy (non-hydrogen) atoms. The standard InChI is InChI=1S/C24H23N5O7S/c30-16(25-9-18(32)33)7-12-2-1-3-15-19(12)20-22(34)28-21(29-24(20)37-15)23(35)26-8-11-4-5-14-13(6-11)27-17(31)10-36-14/h4-6,12H,1-3,7-10H2,(H,25,30)(H,26,35)(H,27,31)(H,32,33)(H,28,29,34). The zero-order valence-corrected chi connectivity index (χ0v) is 20.3. The number of nitrogens with one attached hydrogen (secondary N) is 4. The van der Waals surface area contributed by atoms with E-state index in [1.165, 1.54) is 11.3 Å². The molecule has 3 aromatic rings. The largest absolute Gasteiger partial charge is 0.482 e. The van der Waals surface area contributed by atoms with Crippen molar-refractivity contribution in [1.29, 1.82) is 0 Å². The highest BCUT2D eigenvalue weighted by Crippen LogP contribution is 2.41. The Morgan fingerprint density at radius 2 is 2.05 bits per heavy atom. The number of aromatic nitrogens is 2.